The second-order valence-electron chi connectivity index (χ2n) is 6.55. The zero-order chi connectivity index (χ0) is 20.4. The first-order valence-corrected chi connectivity index (χ1v) is 8.89. The highest BCUT2D eigenvalue weighted by molar-refractivity contribution is 5.93. The van der Waals surface area contributed by atoms with Crippen molar-refractivity contribution in [2.24, 2.45) is 5.73 Å². The molecule has 4 N–H and O–H groups in total. The Morgan fingerprint density at radius 3 is 2.76 bits per heavy atom. The number of primary amides is 1. The molecule has 3 aromatic heterocycles. The summed E-state index contributed by atoms with van der Waals surface area (Å²) in [6, 6.07) is 9.56. The number of carbonyl (C=O) groups is 1. The molecular formula is C21H17F2N5O. The van der Waals surface area contributed by atoms with Gasteiger partial charge in [-0.25, -0.2) is 18.7 Å². The van der Waals surface area contributed by atoms with E-state index < -0.39 is 17.5 Å². The molecular weight excluding hydrogens is 376 g/mol. The van der Waals surface area contributed by atoms with E-state index >= 15 is 0 Å². The normalized spacial score (nSPS) is 11.0. The van der Waals surface area contributed by atoms with Crippen molar-refractivity contribution in [1.82, 2.24) is 15.0 Å². The van der Waals surface area contributed by atoms with Crippen LogP contribution in [0.2, 0.25) is 0 Å². The molecule has 1 amide bonds. The van der Waals surface area contributed by atoms with Gasteiger partial charge in [-0.2, -0.15) is 0 Å². The van der Waals surface area contributed by atoms with Gasteiger partial charge in [0, 0.05) is 42.5 Å². The monoisotopic (exact) mass is 393 g/mol. The Labute approximate surface area is 164 Å². The highest BCUT2D eigenvalue weighted by Gasteiger charge is 2.16. The van der Waals surface area contributed by atoms with E-state index in [-0.39, 0.29) is 17.7 Å². The van der Waals surface area contributed by atoms with Gasteiger partial charge in [0.15, 0.2) is 0 Å². The molecule has 0 bridgehead atoms. The van der Waals surface area contributed by atoms with Crippen molar-refractivity contribution >= 4 is 22.8 Å². The summed E-state index contributed by atoms with van der Waals surface area (Å²) in [7, 11) is 0. The van der Waals surface area contributed by atoms with Gasteiger partial charge in [-0.3, -0.25) is 4.79 Å². The fraction of sp³-hybridized carbons (Fsp3) is 0.0952. The van der Waals surface area contributed by atoms with Gasteiger partial charge >= 0.3 is 0 Å². The van der Waals surface area contributed by atoms with Gasteiger partial charge in [0.1, 0.15) is 23.1 Å². The van der Waals surface area contributed by atoms with Gasteiger partial charge < -0.3 is 16.0 Å². The van der Waals surface area contributed by atoms with Crippen molar-refractivity contribution in [3.63, 3.8) is 0 Å². The molecule has 6 nitrogen and oxygen atoms in total. The molecule has 0 saturated carbocycles. The number of amides is 1. The van der Waals surface area contributed by atoms with Gasteiger partial charge in [-0.1, -0.05) is 6.07 Å². The minimum absolute atomic E-state index is 0.167. The fourth-order valence-electron chi connectivity index (χ4n) is 3.14. The Morgan fingerprint density at radius 2 is 2.00 bits per heavy atom. The van der Waals surface area contributed by atoms with E-state index in [1.807, 2.05) is 24.4 Å². The van der Waals surface area contributed by atoms with Crippen LogP contribution >= 0.6 is 0 Å². The zero-order valence-corrected chi connectivity index (χ0v) is 15.2. The lowest BCUT2D eigenvalue weighted by Gasteiger charge is -2.10. The maximum absolute atomic E-state index is 14.3. The van der Waals surface area contributed by atoms with Gasteiger partial charge in [0.2, 0.25) is 0 Å². The average Bonchev–Trinajstić information content (AvgIpc) is 3.12. The standard InChI is InChI=1S/C21H17F2N5O/c22-17-5-4-15(20(24)29)19(23)16(17)11-27-18-6-3-12(9-26-18)8-13-10-28-21-14(13)2-1-7-25-21/h1-7,9-10H,8,11H2,(H2,24,29)(H,25,28)(H,26,27). The number of nitrogens with one attached hydrogen (secondary N) is 2. The molecule has 3 heterocycles. The second-order valence-corrected chi connectivity index (χ2v) is 6.55. The van der Waals surface area contributed by atoms with E-state index in [2.05, 4.69) is 20.3 Å². The number of carbonyl (C=O) groups excluding carboxylic acids is 1. The van der Waals surface area contributed by atoms with Gasteiger partial charge in [0.05, 0.1) is 5.56 Å². The molecule has 146 valence electrons. The number of hydrogen-bond acceptors (Lipinski definition) is 4. The topological polar surface area (TPSA) is 96.7 Å². The lowest BCUT2D eigenvalue weighted by Crippen LogP contribution is -2.16. The van der Waals surface area contributed by atoms with Crippen LogP contribution in [0.25, 0.3) is 11.0 Å². The molecule has 29 heavy (non-hydrogen) atoms. The van der Waals surface area contributed by atoms with E-state index in [9.17, 15) is 13.6 Å². The number of hydrogen-bond donors (Lipinski definition) is 3. The van der Waals surface area contributed by atoms with Crippen molar-refractivity contribution in [1.29, 1.82) is 0 Å². The molecule has 0 fully saturated rings. The maximum atomic E-state index is 14.3. The molecule has 8 heteroatoms. The Balaban J connectivity index is 1.47. The largest absolute Gasteiger partial charge is 0.366 e. The number of halogens is 2. The first-order valence-electron chi connectivity index (χ1n) is 8.89. The van der Waals surface area contributed by atoms with Crippen LogP contribution in [0.3, 0.4) is 0 Å². The number of aromatic nitrogens is 3. The quantitative estimate of drug-likeness (QED) is 0.467. The van der Waals surface area contributed by atoms with Crippen molar-refractivity contribution in [3.8, 4) is 0 Å². The third-order valence-corrected chi connectivity index (χ3v) is 4.65. The number of benzene rings is 1. The fourth-order valence-corrected chi connectivity index (χ4v) is 3.14. The molecule has 0 radical (unpaired) electrons. The highest BCUT2D eigenvalue weighted by Crippen LogP contribution is 2.21. The van der Waals surface area contributed by atoms with Crippen LogP contribution in [-0.4, -0.2) is 20.9 Å². The minimum Gasteiger partial charge on any atom is -0.366 e. The number of rotatable bonds is 6. The van der Waals surface area contributed by atoms with E-state index in [1.54, 1.807) is 18.5 Å². The van der Waals surface area contributed by atoms with Crippen LogP contribution in [0.4, 0.5) is 14.6 Å². The minimum atomic E-state index is -0.963. The van der Waals surface area contributed by atoms with E-state index in [0.29, 0.717) is 12.2 Å². The Bertz CT molecular complexity index is 1190. The highest BCUT2D eigenvalue weighted by atomic mass is 19.1. The number of pyridine rings is 2. The summed E-state index contributed by atoms with van der Waals surface area (Å²) < 4.78 is 28.2. The molecule has 0 saturated heterocycles. The van der Waals surface area contributed by atoms with Gasteiger partial charge in [-0.15, -0.1) is 0 Å². The summed E-state index contributed by atoms with van der Waals surface area (Å²) in [4.78, 5) is 22.9. The number of nitrogens with zero attached hydrogens (tertiary/aromatic N) is 2. The number of nitrogens with two attached hydrogens (primary N) is 1. The summed E-state index contributed by atoms with van der Waals surface area (Å²) >= 11 is 0. The van der Waals surface area contributed by atoms with Crippen LogP contribution < -0.4 is 11.1 Å². The van der Waals surface area contributed by atoms with Crippen LogP contribution in [0.15, 0.2) is 55.0 Å². The Morgan fingerprint density at radius 1 is 1.14 bits per heavy atom. The molecule has 0 aliphatic rings. The summed E-state index contributed by atoms with van der Waals surface area (Å²) in [6.07, 6.45) is 6.02. The molecule has 4 rings (SSSR count). The number of H-pyrrole nitrogens is 1. The SMILES string of the molecule is NC(=O)c1ccc(F)c(CNc2ccc(Cc3c[nH]c4ncccc34)cn2)c1F. The van der Waals surface area contributed by atoms with Crippen molar-refractivity contribution in [2.45, 2.75) is 13.0 Å². The lowest BCUT2D eigenvalue weighted by atomic mass is 10.1. The lowest BCUT2D eigenvalue weighted by molar-refractivity contribution is 0.0996. The number of anilines is 1. The third-order valence-electron chi connectivity index (χ3n) is 4.65. The summed E-state index contributed by atoms with van der Waals surface area (Å²) in [5.41, 5.74) is 7.40. The molecule has 0 aliphatic carbocycles. The van der Waals surface area contributed by atoms with E-state index in [4.69, 9.17) is 5.73 Å². The molecule has 0 atom stereocenters. The predicted octanol–water partition coefficient (Wildman–Crippen LogP) is 3.54. The van der Waals surface area contributed by atoms with Gasteiger partial charge in [-0.05, 0) is 41.5 Å². The summed E-state index contributed by atoms with van der Waals surface area (Å²) in [5, 5.41) is 3.92. The molecule has 0 spiro atoms. The van der Waals surface area contributed by atoms with Crippen molar-refractivity contribution < 1.29 is 13.6 Å². The smallest absolute Gasteiger partial charge is 0.251 e. The third kappa shape index (κ3) is 3.77. The van der Waals surface area contributed by atoms with Crippen LogP contribution in [0, 0.1) is 11.6 Å². The first kappa shape index (κ1) is 18.5. The molecule has 4 aromatic rings. The molecule has 0 unspecified atom stereocenters. The number of fused-ring (bicyclic) bond motifs is 1. The Hall–Kier alpha value is -3.81. The van der Waals surface area contributed by atoms with Crippen LogP contribution in [0.1, 0.15) is 27.0 Å². The molecule has 1 aromatic carbocycles. The second kappa shape index (κ2) is 7.67. The van der Waals surface area contributed by atoms with Crippen molar-refractivity contribution in [3.05, 3.63) is 88.9 Å². The van der Waals surface area contributed by atoms with Crippen LogP contribution in [-0.2, 0) is 13.0 Å². The van der Waals surface area contributed by atoms with E-state index in [1.165, 1.54) is 0 Å². The average molecular weight is 393 g/mol. The maximum Gasteiger partial charge on any atom is 0.251 e. The predicted molar refractivity (Wildman–Crippen MR) is 105 cm³/mol. The Kier molecular flexibility index (Phi) is 4.90. The number of aromatic amines is 1. The summed E-state index contributed by atoms with van der Waals surface area (Å²) in [6.45, 7) is -0.167. The zero-order valence-electron chi connectivity index (χ0n) is 15.2. The van der Waals surface area contributed by atoms with E-state index in [0.717, 1.165) is 34.3 Å². The van der Waals surface area contributed by atoms with Gasteiger partial charge in [0.25, 0.3) is 5.91 Å². The van der Waals surface area contributed by atoms with Crippen LogP contribution in [0.5, 0.6) is 0 Å². The van der Waals surface area contributed by atoms with Crippen molar-refractivity contribution in [2.75, 3.05) is 5.32 Å². The first-order chi connectivity index (χ1) is 14.0. The summed E-state index contributed by atoms with van der Waals surface area (Å²) in [5.74, 6) is -2.21. The molecule has 0 aliphatic heterocycles.